The van der Waals surface area contributed by atoms with Gasteiger partial charge in [0.15, 0.2) is 22.2 Å². The molecule has 0 aliphatic rings. The number of halogens is 7. The van der Waals surface area contributed by atoms with E-state index in [4.69, 9.17) is 0 Å². The number of aromatic nitrogens is 5. The van der Waals surface area contributed by atoms with Gasteiger partial charge in [-0.05, 0) is 18.2 Å². The average Bonchev–Trinajstić information content (AvgIpc) is 3.43. The van der Waals surface area contributed by atoms with Crippen molar-refractivity contribution in [3.8, 4) is 17.1 Å². The molecule has 8 nitrogen and oxygen atoms in total. The monoisotopic (exact) mass is 501 g/mol. The molecule has 2 aromatic heterocycles. The molecule has 0 fully saturated rings. The van der Waals surface area contributed by atoms with Crippen LogP contribution in [0.15, 0.2) is 48.1 Å². The fourth-order valence-corrected chi connectivity index (χ4v) is 3.66. The Morgan fingerprint density at radius 1 is 1.03 bits per heavy atom. The van der Waals surface area contributed by atoms with Crippen molar-refractivity contribution >= 4 is 9.84 Å². The van der Waals surface area contributed by atoms with Gasteiger partial charge in [0.25, 0.3) is 0 Å². The molecule has 0 spiro atoms. The lowest BCUT2D eigenvalue weighted by Crippen LogP contribution is -2.54. The Hall–Kier alpha value is -3.17. The lowest BCUT2D eigenvalue weighted by atomic mass is 10.2. The maximum atomic E-state index is 13.4. The SMILES string of the molecule is CCS(=O)(=O)c1cc(-n2cncn2)ccc1-n1cc(OCC(F)(F)C(F)(F)C(F)(F)F)cn1. The third kappa shape index (κ3) is 4.65. The van der Waals surface area contributed by atoms with Gasteiger partial charge in [-0.25, -0.2) is 22.8 Å². The fourth-order valence-electron chi connectivity index (χ4n) is 2.57. The predicted molar refractivity (Wildman–Crippen MR) is 97.7 cm³/mol. The van der Waals surface area contributed by atoms with Crippen LogP contribution in [0.25, 0.3) is 11.4 Å². The van der Waals surface area contributed by atoms with E-state index in [1.807, 2.05) is 0 Å². The van der Waals surface area contributed by atoms with Gasteiger partial charge in [-0.3, -0.25) is 0 Å². The molecule has 180 valence electrons. The number of nitrogens with zero attached hydrogens (tertiary/aromatic N) is 5. The summed E-state index contributed by atoms with van der Waals surface area (Å²) in [6, 6.07) is 4.00. The highest BCUT2D eigenvalue weighted by atomic mass is 32.2. The molecule has 0 aliphatic carbocycles. The Morgan fingerprint density at radius 2 is 1.73 bits per heavy atom. The van der Waals surface area contributed by atoms with Crippen LogP contribution >= 0.6 is 0 Å². The van der Waals surface area contributed by atoms with Crippen LogP contribution in [-0.2, 0) is 9.84 Å². The van der Waals surface area contributed by atoms with E-state index >= 15 is 0 Å². The second-order valence-corrected chi connectivity index (χ2v) is 8.83. The zero-order valence-corrected chi connectivity index (χ0v) is 17.3. The molecule has 0 radical (unpaired) electrons. The van der Waals surface area contributed by atoms with E-state index in [-0.39, 0.29) is 16.3 Å². The summed E-state index contributed by atoms with van der Waals surface area (Å²) >= 11 is 0. The number of hydrogen-bond donors (Lipinski definition) is 0. The highest BCUT2D eigenvalue weighted by Gasteiger charge is 2.73. The minimum atomic E-state index is -6.49. The standard InChI is InChI=1S/C17H14F7N5O3S/c1-2-33(30,31)14-5-11(29-10-25-9-27-29)3-4-13(14)28-7-12(6-26-28)32-8-15(18,19)16(20,21)17(22,23)24/h3-7,9-10H,2,8H2,1H3. The third-order valence-corrected chi connectivity index (χ3v) is 6.14. The van der Waals surface area contributed by atoms with E-state index in [2.05, 4.69) is 19.9 Å². The largest absolute Gasteiger partial charge is 0.484 e. The van der Waals surface area contributed by atoms with Crippen LogP contribution in [0.4, 0.5) is 30.7 Å². The van der Waals surface area contributed by atoms with Gasteiger partial charge in [-0.2, -0.15) is 40.9 Å². The molecule has 16 heteroatoms. The molecular weight excluding hydrogens is 487 g/mol. The summed E-state index contributed by atoms with van der Waals surface area (Å²) in [4.78, 5) is 3.52. The quantitative estimate of drug-likeness (QED) is 0.439. The summed E-state index contributed by atoms with van der Waals surface area (Å²) in [6.45, 7) is -0.918. The van der Waals surface area contributed by atoms with E-state index in [9.17, 15) is 39.2 Å². The second kappa shape index (κ2) is 8.31. The Labute approximate surface area is 181 Å². The van der Waals surface area contributed by atoms with Gasteiger partial charge in [-0.15, -0.1) is 0 Å². The van der Waals surface area contributed by atoms with E-state index < -0.39 is 40.2 Å². The molecule has 0 atom stereocenters. The minimum Gasteiger partial charge on any atom is -0.484 e. The third-order valence-electron chi connectivity index (χ3n) is 4.38. The summed E-state index contributed by atoms with van der Waals surface area (Å²) in [5.74, 6) is -12.8. The average molecular weight is 501 g/mol. The van der Waals surface area contributed by atoms with E-state index in [0.29, 0.717) is 5.69 Å². The van der Waals surface area contributed by atoms with Gasteiger partial charge in [0, 0.05) is 0 Å². The van der Waals surface area contributed by atoms with Crippen molar-refractivity contribution in [2.24, 2.45) is 0 Å². The summed E-state index contributed by atoms with van der Waals surface area (Å²) in [5, 5.41) is 7.62. The molecule has 3 aromatic rings. The zero-order chi connectivity index (χ0) is 24.7. The van der Waals surface area contributed by atoms with Crippen molar-refractivity contribution in [1.82, 2.24) is 24.5 Å². The second-order valence-electron chi connectivity index (χ2n) is 6.58. The van der Waals surface area contributed by atoms with E-state index in [1.54, 1.807) is 0 Å². The molecule has 0 N–H and O–H groups in total. The smallest absolute Gasteiger partial charge is 0.460 e. The topological polar surface area (TPSA) is 91.9 Å². The number of alkyl halides is 7. The molecule has 0 aliphatic heterocycles. The first-order valence-corrected chi connectivity index (χ1v) is 10.6. The molecule has 3 rings (SSSR count). The number of hydrogen-bond acceptors (Lipinski definition) is 6. The van der Waals surface area contributed by atoms with Crippen LogP contribution < -0.4 is 4.74 Å². The van der Waals surface area contributed by atoms with Gasteiger partial charge in [0.2, 0.25) is 0 Å². The Balaban J connectivity index is 1.91. The van der Waals surface area contributed by atoms with Crippen molar-refractivity contribution in [3.05, 3.63) is 43.2 Å². The van der Waals surface area contributed by atoms with Gasteiger partial charge in [-0.1, -0.05) is 6.92 Å². The fraction of sp³-hybridized carbons (Fsp3) is 0.353. The summed E-state index contributed by atoms with van der Waals surface area (Å²) in [6.07, 6.45) is -2.33. The number of ether oxygens (including phenoxy) is 1. The van der Waals surface area contributed by atoms with Crippen molar-refractivity contribution in [1.29, 1.82) is 0 Å². The van der Waals surface area contributed by atoms with Crippen molar-refractivity contribution in [2.75, 3.05) is 12.4 Å². The van der Waals surface area contributed by atoms with Crippen molar-refractivity contribution in [3.63, 3.8) is 0 Å². The Kier molecular flexibility index (Phi) is 6.16. The molecule has 0 unspecified atom stereocenters. The Bertz CT molecular complexity index is 1220. The zero-order valence-electron chi connectivity index (χ0n) is 16.5. The molecule has 0 amide bonds. The highest BCUT2D eigenvalue weighted by molar-refractivity contribution is 7.91. The lowest BCUT2D eigenvalue weighted by molar-refractivity contribution is -0.358. The van der Waals surface area contributed by atoms with Gasteiger partial charge in [0.1, 0.15) is 12.7 Å². The highest BCUT2D eigenvalue weighted by Crippen LogP contribution is 2.46. The molecule has 33 heavy (non-hydrogen) atoms. The summed E-state index contributed by atoms with van der Waals surface area (Å²) in [5.41, 5.74) is 0.267. The van der Waals surface area contributed by atoms with Crippen LogP contribution in [0.3, 0.4) is 0 Å². The Morgan fingerprint density at radius 3 is 2.30 bits per heavy atom. The molecule has 0 saturated heterocycles. The number of sulfone groups is 1. The number of rotatable bonds is 8. The van der Waals surface area contributed by atoms with Crippen LogP contribution in [0.1, 0.15) is 6.92 Å². The molecule has 0 saturated carbocycles. The summed E-state index contributed by atoms with van der Waals surface area (Å²) < 4.78 is 121. The van der Waals surface area contributed by atoms with E-state index in [1.165, 1.54) is 42.5 Å². The predicted octanol–water partition coefficient (Wildman–Crippen LogP) is 3.46. The maximum Gasteiger partial charge on any atom is 0.460 e. The van der Waals surface area contributed by atoms with Gasteiger partial charge < -0.3 is 4.74 Å². The van der Waals surface area contributed by atoms with Crippen LogP contribution in [0.5, 0.6) is 5.75 Å². The molecule has 1 aromatic carbocycles. The van der Waals surface area contributed by atoms with Crippen LogP contribution in [0, 0.1) is 0 Å². The molecule has 2 heterocycles. The van der Waals surface area contributed by atoms with Crippen molar-refractivity contribution in [2.45, 2.75) is 29.8 Å². The van der Waals surface area contributed by atoms with Crippen LogP contribution in [-0.4, -0.2) is 63.3 Å². The lowest BCUT2D eigenvalue weighted by Gasteiger charge is -2.27. The first-order valence-electron chi connectivity index (χ1n) is 8.91. The first kappa shape index (κ1) is 24.5. The molecule has 0 bridgehead atoms. The van der Waals surface area contributed by atoms with Crippen LogP contribution in [0.2, 0.25) is 0 Å². The minimum absolute atomic E-state index is 0.0528. The number of benzene rings is 1. The normalized spacial score (nSPS) is 13.3. The van der Waals surface area contributed by atoms with Gasteiger partial charge >= 0.3 is 18.0 Å². The molecular formula is C17H14F7N5O3S. The van der Waals surface area contributed by atoms with Crippen molar-refractivity contribution < 1.29 is 43.9 Å². The van der Waals surface area contributed by atoms with Gasteiger partial charge in [0.05, 0.1) is 34.4 Å². The van der Waals surface area contributed by atoms with E-state index in [0.717, 1.165) is 17.1 Å². The maximum absolute atomic E-state index is 13.4. The summed E-state index contributed by atoms with van der Waals surface area (Å²) in [7, 11) is -3.86. The first-order chi connectivity index (χ1) is 15.2.